The molecule has 0 bridgehead atoms. The smallest absolute Gasteiger partial charge is 0.220 e. The highest BCUT2D eigenvalue weighted by atomic mass is 35.5. The Labute approximate surface area is 147 Å². The number of aromatic amines is 1. The molecule has 0 aliphatic heterocycles. The van der Waals surface area contributed by atoms with E-state index < -0.39 is 0 Å². The summed E-state index contributed by atoms with van der Waals surface area (Å²) in [7, 11) is 0. The summed E-state index contributed by atoms with van der Waals surface area (Å²) in [5.41, 5.74) is 5.00. The van der Waals surface area contributed by atoms with Gasteiger partial charge in [-0.2, -0.15) is 0 Å². The van der Waals surface area contributed by atoms with Crippen molar-refractivity contribution in [3.63, 3.8) is 0 Å². The van der Waals surface area contributed by atoms with Gasteiger partial charge in [0.1, 0.15) is 0 Å². The zero-order valence-corrected chi connectivity index (χ0v) is 14.7. The van der Waals surface area contributed by atoms with E-state index in [0.29, 0.717) is 12.3 Å². The van der Waals surface area contributed by atoms with Gasteiger partial charge < -0.3 is 10.3 Å². The predicted molar refractivity (Wildman–Crippen MR) is 98.5 cm³/mol. The minimum atomic E-state index is 0.189. The maximum Gasteiger partial charge on any atom is 0.220 e. The van der Waals surface area contributed by atoms with Crippen molar-refractivity contribution in [1.29, 1.82) is 0 Å². The Morgan fingerprint density at radius 1 is 1.38 bits per heavy atom. The second-order valence-electron chi connectivity index (χ2n) is 7.20. The largest absolute Gasteiger partial charge is 0.358 e. The summed E-state index contributed by atoms with van der Waals surface area (Å²) in [6.07, 6.45) is 10.1. The van der Waals surface area contributed by atoms with E-state index in [9.17, 15) is 4.79 Å². The standard InChI is InChI=1S/C20H23ClN2O/c1-12-8-14(21)10-17-16-11-15(6-7-18(16)23-20(12)17)22-19(24)9-13-4-2-3-5-13/h2,4,8,10,13,15,23H,3,5-7,9,11H2,1H3,(H,22,24). The highest BCUT2D eigenvalue weighted by molar-refractivity contribution is 6.31. The number of aryl methyl sites for hydroxylation is 2. The number of rotatable bonds is 3. The quantitative estimate of drug-likeness (QED) is 0.795. The first-order valence-corrected chi connectivity index (χ1v) is 9.23. The predicted octanol–water partition coefficient (Wildman–Crippen LogP) is 4.46. The molecule has 0 radical (unpaired) electrons. The first kappa shape index (κ1) is 15.8. The van der Waals surface area contributed by atoms with E-state index in [1.807, 2.05) is 12.1 Å². The van der Waals surface area contributed by atoms with Gasteiger partial charge in [0.25, 0.3) is 0 Å². The number of amides is 1. The number of carbonyl (C=O) groups excluding carboxylic acids is 1. The molecule has 0 fully saturated rings. The Kier molecular flexibility index (Phi) is 4.13. The molecule has 0 saturated heterocycles. The summed E-state index contributed by atoms with van der Waals surface area (Å²) in [6, 6.07) is 4.28. The van der Waals surface area contributed by atoms with E-state index in [1.165, 1.54) is 27.7 Å². The van der Waals surface area contributed by atoms with Crippen LogP contribution in [0.4, 0.5) is 0 Å². The summed E-state index contributed by atoms with van der Waals surface area (Å²) in [5.74, 6) is 0.618. The normalized spacial score (nSPS) is 22.8. The topological polar surface area (TPSA) is 44.9 Å². The zero-order valence-electron chi connectivity index (χ0n) is 14.0. The van der Waals surface area contributed by atoms with E-state index in [1.54, 1.807) is 0 Å². The molecule has 1 aromatic heterocycles. The second kappa shape index (κ2) is 6.29. The minimum absolute atomic E-state index is 0.189. The van der Waals surface area contributed by atoms with Crippen LogP contribution in [0.1, 0.15) is 42.5 Å². The molecule has 2 aliphatic rings. The molecule has 2 unspecified atom stereocenters. The molecule has 0 spiro atoms. The molecule has 2 aromatic rings. The molecule has 2 atom stereocenters. The number of H-pyrrole nitrogens is 1. The van der Waals surface area contributed by atoms with Crippen molar-refractivity contribution in [3.05, 3.63) is 46.1 Å². The first-order valence-electron chi connectivity index (χ1n) is 8.86. The summed E-state index contributed by atoms with van der Waals surface area (Å²) in [6.45, 7) is 2.09. The lowest BCUT2D eigenvalue weighted by Crippen LogP contribution is -2.39. The molecular formula is C20H23ClN2O. The number of allylic oxidation sites excluding steroid dienone is 2. The average molecular weight is 343 g/mol. The lowest BCUT2D eigenvalue weighted by Gasteiger charge is -2.24. The van der Waals surface area contributed by atoms with Gasteiger partial charge in [-0.15, -0.1) is 0 Å². The van der Waals surface area contributed by atoms with Crippen LogP contribution in [0.2, 0.25) is 5.02 Å². The van der Waals surface area contributed by atoms with E-state index in [-0.39, 0.29) is 11.9 Å². The highest BCUT2D eigenvalue weighted by Crippen LogP contribution is 2.33. The van der Waals surface area contributed by atoms with Crippen molar-refractivity contribution >= 4 is 28.4 Å². The van der Waals surface area contributed by atoms with Crippen LogP contribution in [0.5, 0.6) is 0 Å². The second-order valence-corrected chi connectivity index (χ2v) is 7.64. The Morgan fingerprint density at radius 3 is 3.04 bits per heavy atom. The Bertz CT molecular complexity index is 821. The van der Waals surface area contributed by atoms with E-state index in [0.717, 1.165) is 37.1 Å². The summed E-state index contributed by atoms with van der Waals surface area (Å²) in [5, 5.41) is 5.24. The van der Waals surface area contributed by atoms with Crippen LogP contribution in [-0.4, -0.2) is 16.9 Å². The molecule has 0 saturated carbocycles. The summed E-state index contributed by atoms with van der Waals surface area (Å²) in [4.78, 5) is 15.9. The van der Waals surface area contributed by atoms with Crippen molar-refractivity contribution in [2.75, 3.05) is 0 Å². The van der Waals surface area contributed by atoms with Crippen molar-refractivity contribution in [1.82, 2.24) is 10.3 Å². The number of hydrogen-bond donors (Lipinski definition) is 2. The van der Waals surface area contributed by atoms with Gasteiger partial charge >= 0.3 is 0 Å². The van der Waals surface area contributed by atoms with Crippen LogP contribution in [0, 0.1) is 12.8 Å². The molecule has 4 rings (SSSR count). The molecule has 24 heavy (non-hydrogen) atoms. The van der Waals surface area contributed by atoms with Crippen LogP contribution in [-0.2, 0) is 17.6 Å². The van der Waals surface area contributed by atoms with Gasteiger partial charge in [0.05, 0.1) is 0 Å². The van der Waals surface area contributed by atoms with Crippen molar-refractivity contribution in [2.45, 2.75) is 51.5 Å². The van der Waals surface area contributed by atoms with E-state index in [2.05, 4.69) is 29.4 Å². The molecule has 2 N–H and O–H groups in total. The maximum absolute atomic E-state index is 12.3. The van der Waals surface area contributed by atoms with Gasteiger partial charge in [-0.3, -0.25) is 4.79 Å². The van der Waals surface area contributed by atoms with Crippen molar-refractivity contribution in [3.8, 4) is 0 Å². The molecule has 1 amide bonds. The lowest BCUT2D eigenvalue weighted by molar-refractivity contribution is -0.122. The van der Waals surface area contributed by atoms with E-state index in [4.69, 9.17) is 11.6 Å². The number of nitrogens with one attached hydrogen (secondary N) is 2. The minimum Gasteiger partial charge on any atom is -0.358 e. The fourth-order valence-electron chi connectivity index (χ4n) is 4.16. The van der Waals surface area contributed by atoms with Crippen molar-refractivity contribution < 1.29 is 4.79 Å². The third-order valence-corrected chi connectivity index (χ3v) is 5.60. The zero-order chi connectivity index (χ0) is 16.7. The van der Waals surface area contributed by atoms with Gasteiger partial charge in [0.15, 0.2) is 0 Å². The SMILES string of the molecule is Cc1cc(Cl)cc2c3c([nH]c12)CCC(NC(=O)CC1C=CCC1)C3. The Balaban J connectivity index is 1.50. The van der Waals surface area contributed by atoms with Crippen LogP contribution in [0.15, 0.2) is 24.3 Å². The van der Waals surface area contributed by atoms with Crippen LogP contribution in [0.25, 0.3) is 10.9 Å². The Hall–Kier alpha value is -1.74. The molecule has 1 aromatic carbocycles. The number of aromatic nitrogens is 1. The number of fused-ring (bicyclic) bond motifs is 3. The average Bonchev–Trinajstić information content (AvgIpc) is 3.15. The summed E-state index contributed by atoms with van der Waals surface area (Å²) < 4.78 is 0. The molecule has 3 nitrogen and oxygen atoms in total. The fourth-order valence-corrected chi connectivity index (χ4v) is 4.44. The number of halogens is 1. The van der Waals surface area contributed by atoms with Crippen LogP contribution < -0.4 is 5.32 Å². The first-order chi connectivity index (χ1) is 11.6. The van der Waals surface area contributed by atoms with Crippen LogP contribution >= 0.6 is 11.6 Å². The van der Waals surface area contributed by atoms with Crippen LogP contribution in [0.3, 0.4) is 0 Å². The molecule has 4 heteroatoms. The lowest BCUT2D eigenvalue weighted by atomic mass is 9.91. The number of carbonyl (C=O) groups is 1. The number of benzene rings is 1. The van der Waals surface area contributed by atoms with Gasteiger partial charge in [-0.1, -0.05) is 23.8 Å². The highest BCUT2D eigenvalue weighted by Gasteiger charge is 2.25. The third-order valence-electron chi connectivity index (χ3n) is 5.38. The van der Waals surface area contributed by atoms with Crippen molar-refractivity contribution in [2.24, 2.45) is 5.92 Å². The van der Waals surface area contributed by atoms with E-state index >= 15 is 0 Å². The van der Waals surface area contributed by atoms with Gasteiger partial charge in [0, 0.05) is 34.1 Å². The third kappa shape index (κ3) is 2.98. The number of hydrogen-bond acceptors (Lipinski definition) is 1. The van der Waals surface area contributed by atoms with Gasteiger partial charge in [-0.05, 0) is 68.2 Å². The van der Waals surface area contributed by atoms with Gasteiger partial charge in [-0.25, -0.2) is 0 Å². The molecule has 2 aliphatic carbocycles. The molecule has 126 valence electrons. The Morgan fingerprint density at radius 2 is 2.25 bits per heavy atom. The molecular weight excluding hydrogens is 320 g/mol. The maximum atomic E-state index is 12.3. The fraction of sp³-hybridized carbons (Fsp3) is 0.450. The van der Waals surface area contributed by atoms with Gasteiger partial charge in [0.2, 0.25) is 5.91 Å². The molecule has 1 heterocycles. The monoisotopic (exact) mass is 342 g/mol. The summed E-state index contributed by atoms with van der Waals surface area (Å²) >= 11 is 6.25.